The summed E-state index contributed by atoms with van der Waals surface area (Å²) in [6.07, 6.45) is -2.87. The van der Waals surface area contributed by atoms with Gasteiger partial charge in [-0.05, 0) is 18.6 Å². The van der Waals surface area contributed by atoms with Crippen molar-refractivity contribution in [1.82, 2.24) is 4.98 Å². The highest BCUT2D eigenvalue weighted by Gasteiger charge is 2.29. The highest BCUT2D eigenvalue weighted by Crippen LogP contribution is 2.21. The van der Waals surface area contributed by atoms with Crippen LogP contribution >= 0.6 is 0 Å². The lowest BCUT2D eigenvalue weighted by molar-refractivity contribution is -0.119. The van der Waals surface area contributed by atoms with E-state index in [1.165, 1.54) is 19.3 Å². The molecular formula is C9H12F3N3. The molecule has 0 aliphatic rings. The van der Waals surface area contributed by atoms with Gasteiger partial charge in [0.1, 0.15) is 12.4 Å². The van der Waals surface area contributed by atoms with Crippen LogP contribution in [-0.2, 0) is 0 Å². The van der Waals surface area contributed by atoms with Gasteiger partial charge in [0.25, 0.3) is 0 Å². The van der Waals surface area contributed by atoms with Crippen LogP contribution in [0.2, 0.25) is 0 Å². The second-order valence-corrected chi connectivity index (χ2v) is 3.37. The van der Waals surface area contributed by atoms with E-state index in [-0.39, 0.29) is 5.82 Å². The molecule has 6 heteroatoms. The molecule has 15 heavy (non-hydrogen) atoms. The van der Waals surface area contributed by atoms with Crippen molar-refractivity contribution in [3.63, 3.8) is 0 Å². The number of hydrogen-bond acceptors (Lipinski definition) is 3. The number of nitrogens with two attached hydrogens (primary N) is 1. The normalized spacial score (nSPS) is 11.5. The van der Waals surface area contributed by atoms with Crippen LogP contribution in [0, 0.1) is 6.92 Å². The van der Waals surface area contributed by atoms with Gasteiger partial charge in [-0.25, -0.2) is 4.98 Å². The number of anilines is 2. The van der Waals surface area contributed by atoms with Crippen LogP contribution in [0.3, 0.4) is 0 Å². The first-order valence-electron chi connectivity index (χ1n) is 4.29. The van der Waals surface area contributed by atoms with E-state index < -0.39 is 12.7 Å². The maximum absolute atomic E-state index is 12.1. The summed E-state index contributed by atoms with van der Waals surface area (Å²) in [6, 6.07) is 1.53. The lowest BCUT2D eigenvalue weighted by Crippen LogP contribution is -2.31. The Morgan fingerprint density at radius 2 is 2.07 bits per heavy atom. The third-order valence-electron chi connectivity index (χ3n) is 1.94. The van der Waals surface area contributed by atoms with E-state index in [0.29, 0.717) is 11.3 Å². The summed E-state index contributed by atoms with van der Waals surface area (Å²) in [5, 5.41) is 0. The van der Waals surface area contributed by atoms with Gasteiger partial charge in [-0.3, -0.25) is 0 Å². The number of hydrogen-bond donors (Lipinski definition) is 1. The van der Waals surface area contributed by atoms with E-state index in [1.54, 1.807) is 6.92 Å². The highest BCUT2D eigenvalue weighted by molar-refractivity contribution is 5.51. The Morgan fingerprint density at radius 1 is 1.47 bits per heavy atom. The zero-order chi connectivity index (χ0) is 11.6. The molecule has 84 valence electrons. The molecule has 1 aromatic heterocycles. The van der Waals surface area contributed by atoms with Gasteiger partial charge >= 0.3 is 6.18 Å². The first kappa shape index (κ1) is 11.6. The van der Waals surface area contributed by atoms with E-state index >= 15 is 0 Å². The number of nitrogens with zero attached hydrogens (tertiary/aromatic N) is 2. The van der Waals surface area contributed by atoms with Crippen molar-refractivity contribution in [3.8, 4) is 0 Å². The maximum Gasteiger partial charge on any atom is 0.405 e. The molecule has 0 unspecified atom stereocenters. The number of aryl methyl sites for hydroxylation is 1. The Kier molecular flexibility index (Phi) is 3.06. The molecular weight excluding hydrogens is 207 g/mol. The Balaban J connectivity index is 2.83. The second kappa shape index (κ2) is 3.96. The number of aromatic nitrogens is 1. The zero-order valence-corrected chi connectivity index (χ0v) is 8.47. The Hall–Kier alpha value is -1.46. The van der Waals surface area contributed by atoms with E-state index in [2.05, 4.69) is 4.98 Å². The van der Waals surface area contributed by atoms with Crippen LogP contribution < -0.4 is 10.6 Å². The molecule has 1 aromatic rings. The predicted octanol–water partition coefficient (Wildman–Crippen LogP) is 1.97. The summed E-state index contributed by atoms with van der Waals surface area (Å²) in [6.45, 7) is 0.700. The Morgan fingerprint density at radius 3 is 2.53 bits per heavy atom. The lowest BCUT2D eigenvalue weighted by atomic mass is 10.2. The fourth-order valence-electron chi connectivity index (χ4n) is 1.11. The summed E-state index contributed by atoms with van der Waals surface area (Å²) in [7, 11) is 1.34. The average molecular weight is 219 g/mol. The minimum atomic E-state index is -4.23. The smallest absolute Gasteiger partial charge is 0.397 e. The summed E-state index contributed by atoms with van der Waals surface area (Å²) >= 11 is 0. The van der Waals surface area contributed by atoms with E-state index in [9.17, 15) is 13.2 Å². The fourth-order valence-corrected chi connectivity index (χ4v) is 1.11. The van der Waals surface area contributed by atoms with E-state index in [4.69, 9.17) is 5.73 Å². The Labute approximate surface area is 85.7 Å². The topological polar surface area (TPSA) is 42.2 Å². The molecule has 3 nitrogen and oxygen atoms in total. The maximum atomic E-state index is 12.1. The molecule has 0 saturated carbocycles. The molecule has 0 bridgehead atoms. The van der Waals surface area contributed by atoms with Crippen molar-refractivity contribution in [2.45, 2.75) is 13.1 Å². The fraction of sp³-hybridized carbons (Fsp3) is 0.444. The molecule has 0 fully saturated rings. The van der Waals surface area contributed by atoms with Gasteiger partial charge in [-0.2, -0.15) is 13.2 Å². The lowest BCUT2D eigenvalue weighted by Gasteiger charge is -2.20. The van der Waals surface area contributed by atoms with Crippen LogP contribution in [0.4, 0.5) is 24.7 Å². The number of nitrogen functional groups attached to an aromatic ring is 1. The first-order valence-corrected chi connectivity index (χ1v) is 4.29. The van der Waals surface area contributed by atoms with Crippen molar-refractivity contribution in [2.75, 3.05) is 24.2 Å². The molecule has 2 N–H and O–H groups in total. The molecule has 0 aliphatic heterocycles. The van der Waals surface area contributed by atoms with Gasteiger partial charge in [-0.15, -0.1) is 0 Å². The van der Waals surface area contributed by atoms with Crippen molar-refractivity contribution in [2.24, 2.45) is 0 Å². The van der Waals surface area contributed by atoms with Crippen LogP contribution in [0.5, 0.6) is 0 Å². The third kappa shape index (κ3) is 3.30. The van der Waals surface area contributed by atoms with Crippen LogP contribution in [0.25, 0.3) is 0 Å². The van der Waals surface area contributed by atoms with E-state index in [1.807, 2.05) is 0 Å². The predicted molar refractivity (Wildman–Crippen MR) is 52.7 cm³/mol. The molecule has 0 aliphatic carbocycles. The minimum absolute atomic E-state index is 0.263. The summed E-state index contributed by atoms with van der Waals surface area (Å²) in [5.41, 5.74) is 6.70. The molecule has 0 saturated heterocycles. The first-order chi connectivity index (χ1) is 6.79. The molecule has 1 rings (SSSR count). The zero-order valence-electron chi connectivity index (χ0n) is 8.47. The Bertz CT molecular complexity index is 349. The van der Waals surface area contributed by atoms with Crippen LogP contribution in [0.15, 0.2) is 12.3 Å². The molecule has 0 atom stereocenters. The van der Waals surface area contributed by atoms with Crippen molar-refractivity contribution in [3.05, 3.63) is 17.8 Å². The third-order valence-corrected chi connectivity index (χ3v) is 1.94. The van der Waals surface area contributed by atoms with Gasteiger partial charge in [0.15, 0.2) is 0 Å². The average Bonchev–Trinajstić information content (AvgIpc) is 2.06. The van der Waals surface area contributed by atoms with Gasteiger partial charge < -0.3 is 10.6 Å². The highest BCUT2D eigenvalue weighted by atomic mass is 19.4. The summed E-state index contributed by atoms with van der Waals surface area (Å²) in [5.74, 6) is 0.263. The minimum Gasteiger partial charge on any atom is -0.397 e. The molecule has 0 aromatic carbocycles. The van der Waals surface area contributed by atoms with Gasteiger partial charge in [0.05, 0.1) is 11.9 Å². The van der Waals surface area contributed by atoms with Gasteiger partial charge in [-0.1, -0.05) is 0 Å². The van der Waals surface area contributed by atoms with Gasteiger partial charge in [0, 0.05) is 7.05 Å². The number of halogens is 3. The molecule has 0 spiro atoms. The van der Waals surface area contributed by atoms with Crippen molar-refractivity contribution in [1.29, 1.82) is 0 Å². The standard InChI is InChI=1S/C9H12F3N3/c1-6-3-8(14-4-7(6)13)15(2)5-9(10,11)12/h3-4H,5,13H2,1-2H3. The van der Waals surface area contributed by atoms with E-state index in [0.717, 1.165) is 4.90 Å². The SMILES string of the molecule is Cc1cc(N(C)CC(F)(F)F)ncc1N. The van der Waals surface area contributed by atoms with Gasteiger partial charge in [0.2, 0.25) is 0 Å². The molecule has 1 heterocycles. The largest absolute Gasteiger partial charge is 0.405 e. The summed E-state index contributed by atoms with van der Waals surface area (Å²) < 4.78 is 36.2. The summed E-state index contributed by atoms with van der Waals surface area (Å²) in [4.78, 5) is 4.86. The number of pyridine rings is 1. The second-order valence-electron chi connectivity index (χ2n) is 3.37. The van der Waals surface area contributed by atoms with Crippen molar-refractivity contribution >= 4 is 11.5 Å². The quantitative estimate of drug-likeness (QED) is 0.826. The molecule has 0 radical (unpaired) electrons. The van der Waals surface area contributed by atoms with Crippen LogP contribution in [-0.4, -0.2) is 24.8 Å². The van der Waals surface area contributed by atoms with Crippen molar-refractivity contribution < 1.29 is 13.2 Å². The number of rotatable bonds is 2. The molecule has 0 amide bonds. The monoisotopic (exact) mass is 219 g/mol. The number of alkyl halides is 3. The van der Waals surface area contributed by atoms with Crippen LogP contribution in [0.1, 0.15) is 5.56 Å².